The Bertz CT molecular complexity index is 170. The molecule has 2 nitrogen and oxygen atoms in total. The van der Waals surface area contributed by atoms with Crippen molar-refractivity contribution >= 4 is 16.9 Å². The van der Waals surface area contributed by atoms with Crippen LogP contribution in [0.25, 0.3) is 0 Å². The largest absolute Gasteiger partial charge is 0.392 e. The van der Waals surface area contributed by atoms with Gasteiger partial charge in [0.1, 0.15) is 0 Å². The third kappa shape index (κ3) is 7.08. The highest BCUT2D eigenvalue weighted by molar-refractivity contribution is 8.14. The quantitative estimate of drug-likeness (QED) is 0.767. The highest BCUT2D eigenvalue weighted by Crippen LogP contribution is 2.26. The minimum atomic E-state index is -0.498. The number of thioether (sulfide) groups is 1. The van der Waals surface area contributed by atoms with Gasteiger partial charge in [0, 0.05) is 11.2 Å². The molecule has 0 rings (SSSR count). The maximum absolute atomic E-state index is 11.4. The van der Waals surface area contributed by atoms with Crippen molar-refractivity contribution < 1.29 is 9.90 Å². The lowest BCUT2D eigenvalue weighted by Crippen LogP contribution is -2.20. The van der Waals surface area contributed by atoms with Gasteiger partial charge in [0.05, 0.1) is 6.10 Å². The fourth-order valence-corrected chi connectivity index (χ4v) is 1.73. The number of carbonyl (C=O) groups is 1. The molecule has 1 N–H and O–H groups in total. The second-order valence-electron chi connectivity index (χ2n) is 4.60. The number of hydrogen-bond acceptors (Lipinski definition) is 3. The van der Waals surface area contributed by atoms with Crippen LogP contribution in [-0.2, 0) is 4.79 Å². The van der Waals surface area contributed by atoms with Gasteiger partial charge in [-0.05, 0) is 5.92 Å². The van der Waals surface area contributed by atoms with Gasteiger partial charge in [0.25, 0.3) is 0 Å². The Morgan fingerprint density at radius 1 is 1.38 bits per heavy atom. The standard InChI is InChI=1S/C10H20O2S/c1-7(2)8(11)6-9(12)13-10(3,4)5/h7-8,11H,6H2,1-5H3/t8-/m0/s1. The number of rotatable bonds is 3. The minimum Gasteiger partial charge on any atom is -0.392 e. The van der Waals surface area contributed by atoms with Crippen molar-refractivity contribution in [3.8, 4) is 0 Å². The van der Waals surface area contributed by atoms with Gasteiger partial charge >= 0.3 is 0 Å². The van der Waals surface area contributed by atoms with Crippen LogP contribution in [0.3, 0.4) is 0 Å². The van der Waals surface area contributed by atoms with Crippen molar-refractivity contribution in [2.45, 2.75) is 51.9 Å². The molecular formula is C10H20O2S. The van der Waals surface area contributed by atoms with Crippen LogP contribution in [0.5, 0.6) is 0 Å². The summed E-state index contributed by atoms with van der Waals surface area (Å²) in [6.07, 6.45) is -0.234. The van der Waals surface area contributed by atoms with Crippen LogP contribution < -0.4 is 0 Å². The first-order chi connectivity index (χ1) is 5.72. The molecular weight excluding hydrogens is 184 g/mol. The number of aliphatic hydroxyl groups is 1. The van der Waals surface area contributed by atoms with Gasteiger partial charge in [-0.3, -0.25) is 4.79 Å². The van der Waals surface area contributed by atoms with Gasteiger partial charge in [-0.2, -0.15) is 0 Å². The number of hydrogen-bond donors (Lipinski definition) is 1. The van der Waals surface area contributed by atoms with Crippen LogP contribution in [0.15, 0.2) is 0 Å². The lowest BCUT2D eigenvalue weighted by molar-refractivity contribution is -0.113. The van der Waals surface area contributed by atoms with E-state index in [4.69, 9.17) is 0 Å². The maximum Gasteiger partial charge on any atom is 0.192 e. The van der Waals surface area contributed by atoms with E-state index in [1.54, 1.807) is 0 Å². The summed E-state index contributed by atoms with van der Waals surface area (Å²) in [4.78, 5) is 11.4. The average molecular weight is 204 g/mol. The molecule has 0 aliphatic rings. The molecule has 0 radical (unpaired) electrons. The average Bonchev–Trinajstić information content (AvgIpc) is 1.81. The maximum atomic E-state index is 11.4. The van der Waals surface area contributed by atoms with Gasteiger partial charge in [-0.25, -0.2) is 0 Å². The molecule has 1 atom stereocenters. The van der Waals surface area contributed by atoms with Gasteiger partial charge in [0.2, 0.25) is 0 Å². The summed E-state index contributed by atoms with van der Waals surface area (Å²) in [5.74, 6) is 0.157. The fraction of sp³-hybridized carbons (Fsp3) is 0.900. The van der Waals surface area contributed by atoms with Crippen LogP contribution in [0.2, 0.25) is 0 Å². The van der Waals surface area contributed by atoms with Crippen molar-refractivity contribution in [3.05, 3.63) is 0 Å². The van der Waals surface area contributed by atoms with E-state index in [0.717, 1.165) is 0 Å². The van der Waals surface area contributed by atoms with Crippen LogP contribution >= 0.6 is 11.8 Å². The zero-order valence-electron chi connectivity index (χ0n) is 9.13. The molecule has 0 aromatic carbocycles. The summed E-state index contributed by atoms with van der Waals surface area (Å²) >= 11 is 1.30. The van der Waals surface area contributed by atoms with E-state index in [-0.39, 0.29) is 22.2 Å². The minimum absolute atomic E-state index is 0.0478. The predicted octanol–water partition coefficient (Wildman–Crippen LogP) is 2.45. The highest BCUT2D eigenvalue weighted by Gasteiger charge is 2.20. The summed E-state index contributed by atoms with van der Waals surface area (Å²) < 4.78 is -0.0478. The second-order valence-corrected chi connectivity index (χ2v) is 6.49. The topological polar surface area (TPSA) is 37.3 Å². The smallest absolute Gasteiger partial charge is 0.192 e. The van der Waals surface area contributed by atoms with E-state index >= 15 is 0 Å². The van der Waals surface area contributed by atoms with Crippen LogP contribution in [0.1, 0.15) is 41.0 Å². The Morgan fingerprint density at radius 3 is 2.15 bits per heavy atom. The molecule has 0 fully saturated rings. The number of aliphatic hydroxyl groups excluding tert-OH is 1. The Balaban J connectivity index is 3.89. The molecule has 0 aliphatic heterocycles. The van der Waals surface area contributed by atoms with Crippen LogP contribution in [-0.4, -0.2) is 21.1 Å². The highest BCUT2D eigenvalue weighted by atomic mass is 32.2. The molecule has 0 heterocycles. The molecule has 0 saturated carbocycles. The Kier molecular flexibility index (Phi) is 5.00. The Hall–Kier alpha value is -0.0200. The molecule has 78 valence electrons. The molecule has 0 amide bonds. The van der Waals surface area contributed by atoms with Crippen molar-refractivity contribution in [2.75, 3.05) is 0 Å². The van der Waals surface area contributed by atoms with Gasteiger partial charge in [-0.15, -0.1) is 0 Å². The molecule has 0 aliphatic carbocycles. The predicted molar refractivity (Wildman–Crippen MR) is 57.8 cm³/mol. The summed E-state index contributed by atoms with van der Waals surface area (Å²) in [5, 5.41) is 9.54. The zero-order valence-corrected chi connectivity index (χ0v) is 9.94. The molecule has 0 aromatic rings. The van der Waals surface area contributed by atoms with E-state index in [9.17, 15) is 9.90 Å². The SMILES string of the molecule is CC(C)[C@@H](O)CC(=O)SC(C)(C)C. The van der Waals surface area contributed by atoms with Gasteiger partial charge in [0.15, 0.2) is 5.12 Å². The van der Waals surface area contributed by atoms with Crippen molar-refractivity contribution in [2.24, 2.45) is 5.92 Å². The summed E-state index contributed by atoms with van der Waals surface area (Å²) in [6.45, 7) is 9.82. The number of carbonyl (C=O) groups excluding carboxylic acids is 1. The van der Waals surface area contributed by atoms with E-state index in [1.807, 2.05) is 34.6 Å². The molecule has 3 heteroatoms. The first-order valence-corrected chi connectivity index (χ1v) is 5.44. The molecule has 0 aromatic heterocycles. The lowest BCUT2D eigenvalue weighted by Gasteiger charge is -2.18. The zero-order chi connectivity index (χ0) is 10.6. The Morgan fingerprint density at radius 2 is 1.85 bits per heavy atom. The fourth-order valence-electron chi connectivity index (χ4n) is 0.790. The molecule has 0 saturated heterocycles. The van der Waals surface area contributed by atoms with Crippen molar-refractivity contribution in [1.29, 1.82) is 0 Å². The van der Waals surface area contributed by atoms with E-state index in [1.165, 1.54) is 11.8 Å². The van der Waals surface area contributed by atoms with E-state index in [2.05, 4.69) is 0 Å². The third-order valence-electron chi connectivity index (χ3n) is 1.57. The summed E-state index contributed by atoms with van der Waals surface area (Å²) in [6, 6.07) is 0. The van der Waals surface area contributed by atoms with E-state index in [0.29, 0.717) is 0 Å². The van der Waals surface area contributed by atoms with Gasteiger partial charge in [-0.1, -0.05) is 46.4 Å². The van der Waals surface area contributed by atoms with Crippen molar-refractivity contribution in [1.82, 2.24) is 0 Å². The van der Waals surface area contributed by atoms with Crippen LogP contribution in [0.4, 0.5) is 0 Å². The summed E-state index contributed by atoms with van der Waals surface area (Å²) in [7, 11) is 0. The normalized spacial score (nSPS) is 14.7. The second kappa shape index (κ2) is 5.01. The van der Waals surface area contributed by atoms with Crippen molar-refractivity contribution in [3.63, 3.8) is 0 Å². The Labute approximate surface area is 85.1 Å². The first-order valence-electron chi connectivity index (χ1n) is 4.62. The monoisotopic (exact) mass is 204 g/mol. The molecule has 0 unspecified atom stereocenters. The lowest BCUT2D eigenvalue weighted by atomic mass is 10.1. The first kappa shape index (κ1) is 13.0. The molecule has 0 bridgehead atoms. The van der Waals surface area contributed by atoms with E-state index < -0.39 is 6.10 Å². The molecule has 13 heavy (non-hydrogen) atoms. The third-order valence-corrected chi connectivity index (χ3v) is 2.57. The molecule has 0 spiro atoms. The van der Waals surface area contributed by atoms with Crippen LogP contribution in [0, 0.1) is 5.92 Å². The van der Waals surface area contributed by atoms with Gasteiger partial charge < -0.3 is 5.11 Å². The summed E-state index contributed by atoms with van der Waals surface area (Å²) in [5.41, 5.74) is 0.